The van der Waals surface area contributed by atoms with Gasteiger partial charge in [0.2, 0.25) is 0 Å². The highest BCUT2D eigenvalue weighted by Crippen LogP contribution is 2.27. The Hall–Kier alpha value is -1.64. The van der Waals surface area contributed by atoms with Crippen LogP contribution in [0.2, 0.25) is 0 Å². The molecular formula is C12H12FNO4S2. The van der Waals surface area contributed by atoms with Crippen LogP contribution in [0.4, 0.5) is 10.1 Å². The van der Waals surface area contributed by atoms with E-state index in [4.69, 9.17) is 9.84 Å². The van der Waals surface area contributed by atoms with Gasteiger partial charge in [-0.15, -0.1) is 11.3 Å². The normalized spacial score (nSPS) is 11.3. The van der Waals surface area contributed by atoms with Gasteiger partial charge in [0.05, 0.1) is 19.4 Å². The maximum Gasteiger partial charge on any atom is 0.271 e. The quantitative estimate of drug-likeness (QED) is 0.886. The smallest absolute Gasteiger partial charge is 0.271 e. The monoisotopic (exact) mass is 317 g/mol. The van der Waals surface area contributed by atoms with Crippen LogP contribution in [0.1, 0.15) is 4.88 Å². The molecule has 2 aromatic rings. The molecule has 0 fully saturated rings. The number of anilines is 1. The van der Waals surface area contributed by atoms with E-state index < -0.39 is 15.8 Å². The summed E-state index contributed by atoms with van der Waals surface area (Å²) in [6, 6.07) is 6.62. The van der Waals surface area contributed by atoms with E-state index in [1.165, 1.54) is 31.4 Å². The molecule has 0 saturated heterocycles. The molecule has 1 aromatic heterocycles. The Bertz CT molecular complexity index is 712. The molecule has 0 amide bonds. The van der Waals surface area contributed by atoms with Gasteiger partial charge in [0, 0.05) is 10.9 Å². The van der Waals surface area contributed by atoms with Crippen LogP contribution in [0, 0.1) is 5.82 Å². The van der Waals surface area contributed by atoms with Crippen LogP contribution in [0.5, 0.6) is 5.75 Å². The number of halogens is 1. The molecule has 0 aliphatic heterocycles. The summed E-state index contributed by atoms with van der Waals surface area (Å²) in [5.41, 5.74) is -0.191. The lowest BCUT2D eigenvalue weighted by Crippen LogP contribution is -2.12. The second kappa shape index (κ2) is 5.78. The van der Waals surface area contributed by atoms with Crippen LogP contribution in [0.25, 0.3) is 0 Å². The van der Waals surface area contributed by atoms with Crippen molar-refractivity contribution in [3.63, 3.8) is 0 Å². The fraction of sp³-hybridized carbons (Fsp3) is 0.167. The SMILES string of the molecule is COc1ccc(F)c(NS(=O)(=O)c2ccc(CO)s2)c1. The lowest BCUT2D eigenvalue weighted by molar-refractivity contribution is 0.285. The summed E-state index contributed by atoms with van der Waals surface area (Å²) in [5.74, 6) is -0.361. The fourth-order valence-corrected chi connectivity index (χ4v) is 3.77. The highest BCUT2D eigenvalue weighted by molar-refractivity contribution is 7.94. The molecule has 0 bridgehead atoms. The number of rotatable bonds is 5. The van der Waals surface area contributed by atoms with Crippen molar-refractivity contribution in [3.8, 4) is 5.75 Å². The van der Waals surface area contributed by atoms with Gasteiger partial charge in [-0.2, -0.15) is 0 Å². The number of benzene rings is 1. The van der Waals surface area contributed by atoms with Crippen LogP contribution in [-0.2, 0) is 16.6 Å². The lowest BCUT2D eigenvalue weighted by Gasteiger charge is -2.09. The summed E-state index contributed by atoms with van der Waals surface area (Å²) in [6.07, 6.45) is 0. The van der Waals surface area contributed by atoms with Gasteiger partial charge in [0.25, 0.3) is 10.0 Å². The zero-order valence-electron chi connectivity index (χ0n) is 10.5. The van der Waals surface area contributed by atoms with Crippen molar-refractivity contribution in [2.75, 3.05) is 11.8 Å². The molecule has 20 heavy (non-hydrogen) atoms. The van der Waals surface area contributed by atoms with Crippen molar-refractivity contribution in [2.45, 2.75) is 10.8 Å². The van der Waals surface area contributed by atoms with E-state index in [2.05, 4.69) is 4.72 Å². The lowest BCUT2D eigenvalue weighted by atomic mass is 10.3. The third-order valence-electron chi connectivity index (χ3n) is 2.48. The zero-order valence-corrected chi connectivity index (χ0v) is 12.1. The minimum absolute atomic E-state index is 0.00349. The summed E-state index contributed by atoms with van der Waals surface area (Å²) in [7, 11) is -2.49. The number of aliphatic hydroxyl groups is 1. The second-order valence-electron chi connectivity index (χ2n) is 3.83. The van der Waals surface area contributed by atoms with Gasteiger partial charge < -0.3 is 9.84 Å². The molecule has 2 N–H and O–H groups in total. The predicted octanol–water partition coefficient (Wildman–Crippen LogP) is 2.19. The van der Waals surface area contributed by atoms with E-state index in [1.54, 1.807) is 0 Å². The molecule has 0 unspecified atom stereocenters. The summed E-state index contributed by atoms with van der Waals surface area (Å²) in [4.78, 5) is 0.511. The number of aliphatic hydroxyl groups excluding tert-OH is 1. The highest BCUT2D eigenvalue weighted by Gasteiger charge is 2.19. The van der Waals surface area contributed by atoms with Gasteiger partial charge >= 0.3 is 0 Å². The largest absolute Gasteiger partial charge is 0.497 e. The Kier molecular flexibility index (Phi) is 4.26. The number of nitrogens with one attached hydrogen (secondary N) is 1. The molecule has 0 aliphatic carbocycles. The highest BCUT2D eigenvalue weighted by atomic mass is 32.2. The molecule has 0 atom stereocenters. The van der Waals surface area contributed by atoms with Crippen LogP contribution >= 0.6 is 11.3 Å². The minimum Gasteiger partial charge on any atom is -0.497 e. The van der Waals surface area contributed by atoms with E-state index >= 15 is 0 Å². The Morgan fingerprint density at radius 3 is 2.70 bits per heavy atom. The van der Waals surface area contributed by atoms with Gasteiger partial charge in [-0.1, -0.05) is 0 Å². The number of hydrogen-bond acceptors (Lipinski definition) is 5. The number of thiophene rings is 1. The zero-order chi connectivity index (χ0) is 14.8. The maximum absolute atomic E-state index is 13.6. The van der Waals surface area contributed by atoms with E-state index in [-0.39, 0.29) is 16.5 Å². The first-order chi connectivity index (χ1) is 9.46. The van der Waals surface area contributed by atoms with Gasteiger partial charge in [-0.05, 0) is 24.3 Å². The summed E-state index contributed by atoms with van der Waals surface area (Å²) < 4.78 is 44.9. The third-order valence-corrected chi connectivity index (χ3v) is 5.40. The fourth-order valence-electron chi connectivity index (χ4n) is 1.49. The van der Waals surface area contributed by atoms with Crippen molar-refractivity contribution in [1.29, 1.82) is 0 Å². The van der Waals surface area contributed by atoms with Crippen LogP contribution in [0.3, 0.4) is 0 Å². The molecule has 1 aromatic carbocycles. The van der Waals surface area contributed by atoms with E-state index in [1.807, 2.05) is 0 Å². The summed E-state index contributed by atoms with van der Waals surface area (Å²) in [5, 5.41) is 8.94. The molecule has 0 aliphatic rings. The average Bonchev–Trinajstić information content (AvgIpc) is 2.91. The Balaban J connectivity index is 2.32. The van der Waals surface area contributed by atoms with Crippen molar-refractivity contribution in [3.05, 3.63) is 41.0 Å². The third kappa shape index (κ3) is 3.09. The number of methoxy groups -OCH3 is 1. The van der Waals surface area contributed by atoms with Gasteiger partial charge in [0.15, 0.2) is 0 Å². The second-order valence-corrected chi connectivity index (χ2v) is 6.91. The maximum atomic E-state index is 13.6. The molecule has 2 rings (SSSR count). The predicted molar refractivity (Wildman–Crippen MR) is 74.0 cm³/mol. The van der Waals surface area contributed by atoms with Gasteiger partial charge in [-0.25, -0.2) is 12.8 Å². The number of hydrogen-bond donors (Lipinski definition) is 2. The van der Waals surface area contributed by atoms with Crippen molar-refractivity contribution in [2.24, 2.45) is 0 Å². The van der Waals surface area contributed by atoms with E-state index in [9.17, 15) is 12.8 Å². The number of sulfonamides is 1. The average molecular weight is 317 g/mol. The first-order valence-electron chi connectivity index (χ1n) is 5.52. The summed E-state index contributed by atoms with van der Waals surface area (Å²) in [6.45, 7) is -0.242. The van der Waals surface area contributed by atoms with Crippen LogP contribution < -0.4 is 9.46 Å². The standard InChI is InChI=1S/C12H12FNO4S2/c1-18-8-2-4-10(13)11(6-8)14-20(16,17)12-5-3-9(7-15)19-12/h2-6,14-15H,7H2,1H3. The first-order valence-corrected chi connectivity index (χ1v) is 7.82. The minimum atomic E-state index is -3.89. The Morgan fingerprint density at radius 1 is 1.35 bits per heavy atom. The van der Waals surface area contributed by atoms with Crippen LogP contribution in [-0.4, -0.2) is 20.6 Å². The van der Waals surface area contributed by atoms with Crippen molar-refractivity contribution < 1.29 is 22.7 Å². The first kappa shape index (κ1) is 14.8. The van der Waals surface area contributed by atoms with E-state index in [0.717, 1.165) is 17.4 Å². The molecule has 0 saturated carbocycles. The summed E-state index contributed by atoms with van der Waals surface area (Å²) >= 11 is 0.921. The van der Waals surface area contributed by atoms with Gasteiger partial charge in [0.1, 0.15) is 15.8 Å². The van der Waals surface area contributed by atoms with Crippen LogP contribution in [0.15, 0.2) is 34.5 Å². The molecule has 108 valence electrons. The topological polar surface area (TPSA) is 75.6 Å². The Morgan fingerprint density at radius 2 is 2.10 bits per heavy atom. The molecule has 0 radical (unpaired) electrons. The molecule has 5 nitrogen and oxygen atoms in total. The molecule has 0 spiro atoms. The van der Waals surface area contributed by atoms with E-state index in [0.29, 0.717) is 10.6 Å². The van der Waals surface area contributed by atoms with Crippen molar-refractivity contribution in [1.82, 2.24) is 0 Å². The number of ether oxygens (including phenoxy) is 1. The molecule has 1 heterocycles. The Labute approximate surface area is 119 Å². The van der Waals surface area contributed by atoms with Crippen molar-refractivity contribution >= 4 is 27.0 Å². The van der Waals surface area contributed by atoms with Gasteiger partial charge in [-0.3, -0.25) is 4.72 Å². The molecule has 8 heteroatoms. The molecular weight excluding hydrogens is 305 g/mol.